The third-order valence-electron chi connectivity index (χ3n) is 2.60. The number of nitrogens with two attached hydrogens (primary N) is 1. The summed E-state index contributed by atoms with van der Waals surface area (Å²) in [6.07, 6.45) is 5.08. The summed E-state index contributed by atoms with van der Waals surface area (Å²) in [4.78, 5) is 4.45. The second-order valence-electron chi connectivity index (χ2n) is 4.96. The zero-order valence-electron chi connectivity index (χ0n) is 11.3. The molecule has 0 unspecified atom stereocenters. The van der Waals surface area contributed by atoms with E-state index in [-0.39, 0.29) is 5.41 Å². The van der Waals surface area contributed by atoms with E-state index in [9.17, 15) is 0 Å². The van der Waals surface area contributed by atoms with E-state index in [0.29, 0.717) is 5.96 Å². The van der Waals surface area contributed by atoms with E-state index >= 15 is 0 Å². The summed E-state index contributed by atoms with van der Waals surface area (Å²) in [7, 11) is 0. The molecule has 0 saturated heterocycles. The standard InChI is InChI=1S/C12H28N4/c1-5-7-8-9-12(3,4)10-15-11(16-13)14-6-2/h5-10,13H2,1-4H3,(H2,14,15,16). The topological polar surface area (TPSA) is 62.4 Å². The smallest absolute Gasteiger partial charge is 0.205 e. The molecule has 0 saturated carbocycles. The van der Waals surface area contributed by atoms with E-state index in [1.165, 1.54) is 25.7 Å². The number of guanidine groups is 1. The van der Waals surface area contributed by atoms with E-state index in [1.54, 1.807) is 0 Å². The number of nitrogens with zero attached hydrogens (tertiary/aromatic N) is 1. The summed E-state index contributed by atoms with van der Waals surface area (Å²) in [6, 6.07) is 0. The maximum Gasteiger partial charge on any atom is 0.205 e. The van der Waals surface area contributed by atoms with Gasteiger partial charge in [-0.3, -0.25) is 10.4 Å². The van der Waals surface area contributed by atoms with Gasteiger partial charge in [-0.2, -0.15) is 0 Å². The Balaban J connectivity index is 4.02. The number of rotatable bonds is 7. The van der Waals surface area contributed by atoms with Crippen molar-refractivity contribution >= 4 is 5.96 Å². The molecule has 0 fully saturated rings. The largest absolute Gasteiger partial charge is 0.356 e. The zero-order valence-corrected chi connectivity index (χ0v) is 11.3. The van der Waals surface area contributed by atoms with Crippen molar-refractivity contribution in [3.8, 4) is 0 Å². The fraction of sp³-hybridized carbons (Fsp3) is 0.917. The predicted octanol–water partition coefficient (Wildman–Crippen LogP) is 2.02. The van der Waals surface area contributed by atoms with E-state index in [1.807, 2.05) is 6.92 Å². The Hall–Kier alpha value is -0.770. The van der Waals surface area contributed by atoms with Crippen molar-refractivity contribution in [3.05, 3.63) is 0 Å². The average Bonchev–Trinajstić information content (AvgIpc) is 2.24. The van der Waals surface area contributed by atoms with Crippen LogP contribution in [0.1, 0.15) is 53.4 Å². The van der Waals surface area contributed by atoms with Gasteiger partial charge in [0.1, 0.15) is 0 Å². The minimum Gasteiger partial charge on any atom is -0.356 e. The van der Waals surface area contributed by atoms with E-state index in [2.05, 4.69) is 36.5 Å². The van der Waals surface area contributed by atoms with Crippen molar-refractivity contribution < 1.29 is 0 Å². The Morgan fingerprint density at radius 2 is 1.94 bits per heavy atom. The first-order valence-electron chi connectivity index (χ1n) is 6.30. The first-order chi connectivity index (χ1) is 7.55. The van der Waals surface area contributed by atoms with Gasteiger partial charge in [-0.05, 0) is 18.8 Å². The number of hydrogen-bond donors (Lipinski definition) is 3. The Morgan fingerprint density at radius 3 is 2.44 bits per heavy atom. The molecule has 0 amide bonds. The molecule has 96 valence electrons. The number of nitrogens with one attached hydrogen (secondary N) is 2. The first kappa shape index (κ1) is 15.2. The third-order valence-corrected chi connectivity index (χ3v) is 2.60. The van der Waals surface area contributed by atoms with Gasteiger partial charge >= 0.3 is 0 Å². The average molecular weight is 228 g/mol. The van der Waals surface area contributed by atoms with Gasteiger partial charge in [-0.25, -0.2) is 5.84 Å². The van der Waals surface area contributed by atoms with E-state index < -0.39 is 0 Å². The monoisotopic (exact) mass is 228 g/mol. The van der Waals surface area contributed by atoms with Gasteiger partial charge in [-0.1, -0.05) is 40.0 Å². The van der Waals surface area contributed by atoms with Gasteiger partial charge in [0.05, 0.1) is 0 Å². The second-order valence-corrected chi connectivity index (χ2v) is 4.96. The molecule has 0 aromatic rings. The molecule has 4 N–H and O–H groups in total. The lowest BCUT2D eigenvalue weighted by molar-refractivity contribution is 0.332. The van der Waals surface area contributed by atoms with Crippen LogP contribution in [-0.2, 0) is 0 Å². The van der Waals surface area contributed by atoms with Crippen LogP contribution in [0.5, 0.6) is 0 Å². The molecule has 16 heavy (non-hydrogen) atoms. The second kappa shape index (κ2) is 8.39. The highest BCUT2D eigenvalue weighted by Gasteiger charge is 2.16. The van der Waals surface area contributed by atoms with Gasteiger partial charge < -0.3 is 5.32 Å². The molecule has 0 aliphatic rings. The van der Waals surface area contributed by atoms with Crippen molar-refractivity contribution in [2.75, 3.05) is 13.1 Å². The Morgan fingerprint density at radius 1 is 1.25 bits per heavy atom. The summed E-state index contributed by atoms with van der Waals surface area (Å²) in [6.45, 7) is 10.4. The quantitative estimate of drug-likeness (QED) is 0.205. The van der Waals surface area contributed by atoms with E-state index in [0.717, 1.165) is 13.1 Å². The summed E-state index contributed by atoms with van der Waals surface area (Å²) >= 11 is 0. The van der Waals surface area contributed by atoms with Gasteiger partial charge in [0.25, 0.3) is 0 Å². The van der Waals surface area contributed by atoms with Crippen LogP contribution in [0.4, 0.5) is 0 Å². The summed E-state index contributed by atoms with van der Waals surface area (Å²) in [5.41, 5.74) is 2.84. The molecular formula is C12H28N4. The highest BCUT2D eigenvalue weighted by molar-refractivity contribution is 5.79. The van der Waals surface area contributed by atoms with Crippen LogP contribution in [0.25, 0.3) is 0 Å². The Labute approximate surface area is 100 Å². The van der Waals surface area contributed by atoms with Gasteiger partial charge in [-0.15, -0.1) is 0 Å². The summed E-state index contributed by atoms with van der Waals surface area (Å²) in [5.74, 6) is 6.05. The van der Waals surface area contributed by atoms with Crippen LogP contribution >= 0.6 is 0 Å². The molecule has 0 aromatic heterocycles. The van der Waals surface area contributed by atoms with Crippen LogP contribution in [0.15, 0.2) is 4.99 Å². The lowest BCUT2D eigenvalue weighted by Gasteiger charge is -2.22. The zero-order chi connectivity index (χ0) is 12.4. The molecular weight excluding hydrogens is 200 g/mol. The van der Waals surface area contributed by atoms with Crippen LogP contribution < -0.4 is 16.6 Å². The minimum absolute atomic E-state index is 0.257. The first-order valence-corrected chi connectivity index (χ1v) is 6.30. The molecule has 0 aliphatic heterocycles. The van der Waals surface area contributed by atoms with Gasteiger partial charge in [0, 0.05) is 13.1 Å². The molecule has 0 atom stereocenters. The minimum atomic E-state index is 0.257. The van der Waals surface area contributed by atoms with Crippen LogP contribution in [0.2, 0.25) is 0 Å². The third kappa shape index (κ3) is 7.51. The van der Waals surface area contributed by atoms with Crippen molar-refractivity contribution in [2.45, 2.75) is 53.4 Å². The number of hydrogen-bond acceptors (Lipinski definition) is 2. The molecule has 0 heterocycles. The fourth-order valence-electron chi connectivity index (χ4n) is 1.55. The summed E-state index contributed by atoms with van der Waals surface area (Å²) in [5, 5.41) is 3.09. The van der Waals surface area contributed by atoms with Crippen molar-refractivity contribution in [2.24, 2.45) is 16.3 Å². The molecule has 0 aromatic carbocycles. The Bertz CT molecular complexity index is 199. The Kier molecular flexibility index (Phi) is 7.99. The van der Waals surface area contributed by atoms with Crippen LogP contribution in [-0.4, -0.2) is 19.0 Å². The van der Waals surface area contributed by atoms with Gasteiger partial charge in [0.2, 0.25) is 5.96 Å². The maximum atomic E-state index is 5.37. The molecule has 0 spiro atoms. The van der Waals surface area contributed by atoms with Gasteiger partial charge in [0.15, 0.2) is 0 Å². The van der Waals surface area contributed by atoms with Crippen molar-refractivity contribution in [3.63, 3.8) is 0 Å². The lowest BCUT2D eigenvalue weighted by Crippen LogP contribution is -2.42. The highest BCUT2D eigenvalue weighted by atomic mass is 15.3. The lowest BCUT2D eigenvalue weighted by atomic mass is 9.87. The van der Waals surface area contributed by atoms with Crippen molar-refractivity contribution in [1.29, 1.82) is 0 Å². The van der Waals surface area contributed by atoms with Crippen LogP contribution in [0, 0.1) is 5.41 Å². The number of unbranched alkanes of at least 4 members (excludes halogenated alkanes) is 2. The molecule has 4 nitrogen and oxygen atoms in total. The molecule has 0 radical (unpaired) electrons. The molecule has 0 aliphatic carbocycles. The predicted molar refractivity (Wildman–Crippen MR) is 71.2 cm³/mol. The normalized spacial score (nSPS) is 12.7. The number of aliphatic imine (C=N–C) groups is 1. The molecule has 4 heteroatoms. The van der Waals surface area contributed by atoms with Crippen molar-refractivity contribution in [1.82, 2.24) is 10.7 Å². The summed E-state index contributed by atoms with van der Waals surface area (Å²) < 4.78 is 0. The maximum absolute atomic E-state index is 5.37. The molecule has 0 bridgehead atoms. The van der Waals surface area contributed by atoms with Crippen LogP contribution in [0.3, 0.4) is 0 Å². The number of hydrazine groups is 1. The fourth-order valence-corrected chi connectivity index (χ4v) is 1.55. The van der Waals surface area contributed by atoms with E-state index in [4.69, 9.17) is 5.84 Å². The SMILES string of the molecule is CCCCCC(C)(C)CN=C(NN)NCC. The highest BCUT2D eigenvalue weighted by Crippen LogP contribution is 2.23. The molecule has 0 rings (SSSR count).